The number of nitrogens with one attached hydrogen (secondary N) is 2. The Hall–Kier alpha value is -2.24. The van der Waals surface area contributed by atoms with Gasteiger partial charge >= 0.3 is 0 Å². The van der Waals surface area contributed by atoms with Crippen molar-refractivity contribution < 1.29 is 8.78 Å². The van der Waals surface area contributed by atoms with Gasteiger partial charge in [-0.3, -0.25) is 0 Å². The molecule has 4 nitrogen and oxygen atoms in total. The highest BCUT2D eigenvalue weighted by molar-refractivity contribution is 5.57. The summed E-state index contributed by atoms with van der Waals surface area (Å²) in [5.41, 5.74) is 0.556. The first-order chi connectivity index (χ1) is 9.19. The summed E-state index contributed by atoms with van der Waals surface area (Å²) in [7, 11) is 0. The van der Waals surface area contributed by atoms with Crippen molar-refractivity contribution in [3.05, 3.63) is 42.1 Å². The van der Waals surface area contributed by atoms with Gasteiger partial charge in [0.2, 0.25) is 5.95 Å². The van der Waals surface area contributed by atoms with Crippen molar-refractivity contribution >= 4 is 17.5 Å². The molecule has 0 atom stereocenters. The van der Waals surface area contributed by atoms with E-state index in [2.05, 4.69) is 20.6 Å². The van der Waals surface area contributed by atoms with Crippen LogP contribution in [0.2, 0.25) is 0 Å². The molecule has 6 heteroatoms. The van der Waals surface area contributed by atoms with Crippen molar-refractivity contribution in [2.45, 2.75) is 13.3 Å². The SMILES string of the molecule is CCCNc1ncc(F)c(Nc2ccc(F)cc2)n1. The quantitative estimate of drug-likeness (QED) is 0.869. The largest absolute Gasteiger partial charge is 0.354 e. The number of hydrogen-bond donors (Lipinski definition) is 2. The van der Waals surface area contributed by atoms with E-state index >= 15 is 0 Å². The molecule has 1 heterocycles. The number of halogens is 2. The van der Waals surface area contributed by atoms with Gasteiger partial charge in [0.25, 0.3) is 0 Å². The predicted molar refractivity (Wildman–Crippen MR) is 70.5 cm³/mol. The number of anilines is 3. The van der Waals surface area contributed by atoms with Gasteiger partial charge in [-0.15, -0.1) is 0 Å². The standard InChI is InChI=1S/C13H14F2N4/c1-2-7-16-13-17-8-11(15)12(19-13)18-10-5-3-9(14)4-6-10/h3-6,8H,2,7H2,1H3,(H2,16,17,18,19). The third kappa shape index (κ3) is 3.61. The van der Waals surface area contributed by atoms with Crippen molar-refractivity contribution in [2.24, 2.45) is 0 Å². The van der Waals surface area contributed by atoms with Crippen molar-refractivity contribution in [1.29, 1.82) is 0 Å². The summed E-state index contributed by atoms with van der Waals surface area (Å²) in [6.45, 7) is 2.72. The first-order valence-electron chi connectivity index (χ1n) is 5.98. The predicted octanol–water partition coefficient (Wildman–Crippen LogP) is 3.32. The van der Waals surface area contributed by atoms with Crippen LogP contribution in [0.5, 0.6) is 0 Å². The molecule has 0 saturated carbocycles. The average Bonchev–Trinajstić information content (AvgIpc) is 2.42. The highest BCUT2D eigenvalue weighted by Gasteiger charge is 2.07. The number of hydrogen-bond acceptors (Lipinski definition) is 4. The van der Waals surface area contributed by atoms with E-state index in [-0.39, 0.29) is 11.6 Å². The zero-order chi connectivity index (χ0) is 13.7. The Bertz CT molecular complexity index is 543. The molecule has 2 N–H and O–H groups in total. The van der Waals surface area contributed by atoms with Crippen molar-refractivity contribution in [2.75, 3.05) is 17.2 Å². The lowest BCUT2D eigenvalue weighted by Gasteiger charge is -2.08. The molecule has 2 aromatic rings. The summed E-state index contributed by atoms with van der Waals surface area (Å²) >= 11 is 0. The van der Waals surface area contributed by atoms with E-state index < -0.39 is 5.82 Å². The third-order valence-electron chi connectivity index (χ3n) is 2.38. The second-order valence-corrected chi connectivity index (χ2v) is 3.95. The van der Waals surface area contributed by atoms with E-state index in [0.717, 1.165) is 12.6 Å². The molecule has 0 aliphatic rings. The molecule has 0 amide bonds. The van der Waals surface area contributed by atoms with Crippen LogP contribution in [-0.4, -0.2) is 16.5 Å². The van der Waals surface area contributed by atoms with E-state index in [1.165, 1.54) is 24.3 Å². The number of nitrogens with zero attached hydrogens (tertiary/aromatic N) is 2. The minimum Gasteiger partial charge on any atom is -0.354 e. The topological polar surface area (TPSA) is 49.8 Å². The number of aromatic nitrogens is 2. The first kappa shape index (κ1) is 13.2. The van der Waals surface area contributed by atoms with Crippen LogP contribution in [0.15, 0.2) is 30.5 Å². The second-order valence-electron chi connectivity index (χ2n) is 3.95. The number of benzene rings is 1. The second kappa shape index (κ2) is 6.08. The monoisotopic (exact) mass is 264 g/mol. The highest BCUT2D eigenvalue weighted by Crippen LogP contribution is 2.18. The Morgan fingerprint density at radius 3 is 2.58 bits per heavy atom. The molecular formula is C13H14F2N4. The molecule has 0 radical (unpaired) electrons. The van der Waals surface area contributed by atoms with Crippen LogP contribution in [0, 0.1) is 11.6 Å². The van der Waals surface area contributed by atoms with Crippen LogP contribution in [0.1, 0.15) is 13.3 Å². The van der Waals surface area contributed by atoms with Gasteiger partial charge in [0.05, 0.1) is 6.20 Å². The maximum Gasteiger partial charge on any atom is 0.224 e. The van der Waals surface area contributed by atoms with Gasteiger partial charge in [-0.25, -0.2) is 13.8 Å². The zero-order valence-electron chi connectivity index (χ0n) is 10.5. The van der Waals surface area contributed by atoms with E-state index in [4.69, 9.17) is 0 Å². The molecule has 1 aromatic carbocycles. The fraction of sp³-hybridized carbons (Fsp3) is 0.231. The lowest BCUT2D eigenvalue weighted by molar-refractivity contribution is 0.619. The van der Waals surface area contributed by atoms with Gasteiger partial charge < -0.3 is 10.6 Å². The van der Waals surface area contributed by atoms with Gasteiger partial charge in [0.1, 0.15) is 5.82 Å². The fourth-order valence-corrected chi connectivity index (χ4v) is 1.45. The summed E-state index contributed by atoms with van der Waals surface area (Å²) in [5.74, 6) is -0.501. The van der Waals surface area contributed by atoms with Gasteiger partial charge in [-0.1, -0.05) is 6.92 Å². The van der Waals surface area contributed by atoms with Crippen LogP contribution in [0.3, 0.4) is 0 Å². The Labute approximate surface area is 109 Å². The zero-order valence-corrected chi connectivity index (χ0v) is 10.5. The van der Waals surface area contributed by atoms with Crippen LogP contribution in [0.4, 0.5) is 26.2 Å². The first-order valence-corrected chi connectivity index (χ1v) is 5.98. The molecule has 0 spiro atoms. The van der Waals surface area contributed by atoms with E-state index in [1.807, 2.05) is 6.92 Å². The summed E-state index contributed by atoms with van der Waals surface area (Å²) < 4.78 is 26.3. The minimum absolute atomic E-state index is 0.0558. The van der Waals surface area contributed by atoms with Crippen molar-refractivity contribution in [3.63, 3.8) is 0 Å². The molecule has 0 unspecified atom stereocenters. The van der Waals surface area contributed by atoms with Crippen LogP contribution < -0.4 is 10.6 Å². The van der Waals surface area contributed by atoms with E-state index in [0.29, 0.717) is 18.2 Å². The molecule has 0 aliphatic heterocycles. The Kier molecular flexibility index (Phi) is 4.22. The van der Waals surface area contributed by atoms with Crippen molar-refractivity contribution in [1.82, 2.24) is 9.97 Å². The molecule has 100 valence electrons. The van der Waals surface area contributed by atoms with E-state index in [9.17, 15) is 8.78 Å². The van der Waals surface area contributed by atoms with Gasteiger partial charge in [-0.05, 0) is 30.7 Å². The van der Waals surface area contributed by atoms with Crippen LogP contribution in [-0.2, 0) is 0 Å². The molecule has 0 fully saturated rings. The normalized spacial score (nSPS) is 10.3. The van der Waals surface area contributed by atoms with Crippen LogP contribution in [0.25, 0.3) is 0 Å². The Balaban J connectivity index is 2.16. The van der Waals surface area contributed by atoms with Gasteiger partial charge in [-0.2, -0.15) is 4.98 Å². The molecular weight excluding hydrogens is 250 g/mol. The number of rotatable bonds is 5. The molecule has 1 aromatic heterocycles. The smallest absolute Gasteiger partial charge is 0.224 e. The summed E-state index contributed by atoms with van der Waals surface area (Å²) in [5, 5.41) is 5.75. The lowest BCUT2D eigenvalue weighted by Crippen LogP contribution is -2.07. The molecule has 2 rings (SSSR count). The molecule has 0 bridgehead atoms. The summed E-state index contributed by atoms with van der Waals surface area (Å²) in [6, 6.07) is 5.60. The third-order valence-corrected chi connectivity index (χ3v) is 2.38. The Morgan fingerprint density at radius 2 is 1.89 bits per heavy atom. The molecule has 0 aliphatic carbocycles. The van der Waals surface area contributed by atoms with Gasteiger partial charge in [0, 0.05) is 12.2 Å². The fourth-order valence-electron chi connectivity index (χ4n) is 1.45. The molecule has 19 heavy (non-hydrogen) atoms. The van der Waals surface area contributed by atoms with Crippen LogP contribution >= 0.6 is 0 Å². The van der Waals surface area contributed by atoms with Gasteiger partial charge in [0.15, 0.2) is 11.6 Å². The summed E-state index contributed by atoms with van der Waals surface area (Å²) in [6.07, 6.45) is 2.01. The maximum absolute atomic E-state index is 13.6. The minimum atomic E-state index is -0.564. The maximum atomic E-state index is 13.6. The lowest BCUT2D eigenvalue weighted by atomic mass is 10.3. The molecule has 0 saturated heterocycles. The Morgan fingerprint density at radius 1 is 1.16 bits per heavy atom. The van der Waals surface area contributed by atoms with Crippen molar-refractivity contribution in [3.8, 4) is 0 Å². The van der Waals surface area contributed by atoms with E-state index in [1.54, 1.807) is 0 Å². The summed E-state index contributed by atoms with van der Waals surface area (Å²) in [4.78, 5) is 7.86. The average molecular weight is 264 g/mol. The highest BCUT2D eigenvalue weighted by atomic mass is 19.1.